The van der Waals surface area contributed by atoms with Crippen molar-refractivity contribution in [1.29, 1.82) is 0 Å². The predicted molar refractivity (Wildman–Crippen MR) is 97.4 cm³/mol. The van der Waals surface area contributed by atoms with E-state index in [1.54, 1.807) is 11.3 Å². The number of aromatic nitrogens is 3. The molecule has 3 aromatic rings. The van der Waals surface area contributed by atoms with Crippen LogP contribution in [0.3, 0.4) is 0 Å². The molecule has 4 rings (SSSR count). The average Bonchev–Trinajstić information content (AvgIpc) is 3.23. The monoisotopic (exact) mass is 347 g/mol. The third-order valence-electron chi connectivity index (χ3n) is 4.42. The first kappa shape index (κ1) is 15.1. The van der Waals surface area contributed by atoms with Gasteiger partial charge in [0, 0.05) is 37.6 Å². The van der Waals surface area contributed by atoms with E-state index in [-0.39, 0.29) is 0 Å². The number of likely N-dealkylation sites (tertiary alicyclic amines) is 1. The minimum Gasteiger partial charge on any atom is -0.359 e. The highest BCUT2D eigenvalue weighted by Crippen LogP contribution is 2.29. The molecule has 1 fully saturated rings. The number of fused-ring (bicyclic) bond motifs is 1. The molecule has 0 radical (unpaired) electrons. The molecular formula is C16H21N5S2. The standard InChI is InChI=1S/C16H21N5S2/c1-11-14-15(20(2)19-11)18-16(23-14)17-12-5-7-21(8-6-12)10-13-4-3-9-22-13/h3-4,9,12H,5-8,10H2,1-2H3,(H,17,18). The Balaban J connectivity index is 1.35. The molecule has 1 N–H and O–H groups in total. The topological polar surface area (TPSA) is 46.0 Å². The molecule has 1 saturated heterocycles. The number of aryl methyl sites for hydroxylation is 2. The molecule has 122 valence electrons. The van der Waals surface area contributed by atoms with Crippen LogP contribution in [0.2, 0.25) is 0 Å². The van der Waals surface area contributed by atoms with Crippen molar-refractivity contribution < 1.29 is 0 Å². The van der Waals surface area contributed by atoms with Crippen LogP contribution in [0.25, 0.3) is 10.3 Å². The quantitative estimate of drug-likeness (QED) is 0.785. The lowest BCUT2D eigenvalue weighted by Gasteiger charge is -2.31. The molecule has 0 saturated carbocycles. The van der Waals surface area contributed by atoms with E-state index in [0.29, 0.717) is 6.04 Å². The van der Waals surface area contributed by atoms with Crippen LogP contribution in [0, 0.1) is 6.92 Å². The van der Waals surface area contributed by atoms with Crippen LogP contribution in [-0.4, -0.2) is 38.8 Å². The first-order chi connectivity index (χ1) is 11.2. The minimum atomic E-state index is 0.531. The van der Waals surface area contributed by atoms with Crippen LogP contribution in [-0.2, 0) is 13.6 Å². The molecule has 5 nitrogen and oxygen atoms in total. The fraction of sp³-hybridized carbons (Fsp3) is 0.500. The smallest absolute Gasteiger partial charge is 0.185 e. The number of nitrogens with one attached hydrogen (secondary N) is 1. The summed E-state index contributed by atoms with van der Waals surface area (Å²) in [4.78, 5) is 8.72. The Bertz CT molecular complexity index is 746. The Kier molecular flexibility index (Phi) is 4.09. The van der Waals surface area contributed by atoms with E-state index in [1.807, 2.05) is 30.0 Å². The molecule has 3 aromatic heterocycles. The Morgan fingerprint density at radius 2 is 2.17 bits per heavy atom. The molecule has 0 aromatic carbocycles. The van der Waals surface area contributed by atoms with Crippen molar-refractivity contribution in [3.05, 3.63) is 28.1 Å². The summed E-state index contributed by atoms with van der Waals surface area (Å²) in [7, 11) is 1.96. The van der Waals surface area contributed by atoms with E-state index < -0.39 is 0 Å². The van der Waals surface area contributed by atoms with Gasteiger partial charge in [-0.25, -0.2) is 9.67 Å². The van der Waals surface area contributed by atoms with Gasteiger partial charge in [0.25, 0.3) is 0 Å². The lowest BCUT2D eigenvalue weighted by atomic mass is 10.1. The van der Waals surface area contributed by atoms with Gasteiger partial charge >= 0.3 is 0 Å². The van der Waals surface area contributed by atoms with Crippen molar-refractivity contribution in [2.24, 2.45) is 7.05 Å². The SMILES string of the molecule is Cc1nn(C)c2nc(NC3CCN(Cc4cccs4)CC3)sc12. The molecule has 0 atom stereocenters. The molecule has 0 aliphatic carbocycles. The number of anilines is 1. The number of thiophene rings is 1. The summed E-state index contributed by atoms with van der Waals surface area (Å²) in [6.07, 6.45) is 2.36. The van der Waals surface area contributed by atoms with Crippen molar-refractivity contribution >= 4 is 38.2 Å². The maximum atomic E-state index is 4.70. The second-order valence-corrected chi connectivity index (χ2v) is 8.19. The number of hydrogen-bond donors (Lipinski definition) is 1. The van der Waals surface area contributed by atoms with Crippen LogP contribution < -0.4 is 5.32 Å². The summed E-state index contributed by atoms with van der Waals surface area (Å²) in [5.41, 5.74) is 2.06. The largest absolute Gasteiger partial charge is 0.359 e. The Labute approximate surface area is 144 Å². The Morgan fingerprint density at radius 3 is 2.87 bits per heavy atom. The van der Waals surface area contributed by atoms with Gasteiger partial charge in [-0.3, -0.25) is 4.90 Å². The van der Waals surface area contributed by atoms with Gasteiger partial charge in [0.15, 0.2) is 10.8 Å². The second kappa shape index (κ2) is 6.22. The fourth-order valence-corrected chi connectivity index (χ4v) is 4.93. The summed E-state index contributed by atoms with van der Waals surface area (Å²) in [5, 5.41) is 11.2. The molecule has 23 heavy (non-hydrogen) atoms. The fourth-order valence-electron chi connectivity index (χ4n) is 3.18. The molecule has 0 unspecified atom stereocenters. The number of rotatable bonds is 4. The molecule has 1 aliphatic heterocycles. The summed E-state index contributed by atoms with van der Waals surface area (Å²) in [6.45, 7) is 5.45. The van der Waals surface area contributed by atoms with Crippen LogP contribution in [0.4, 0.5) is 5.13 Å². The van der Waals surface area contributed by atoms with Crippen LogP contribution in [0.1, 0.15) is 23.4 Å². The molecule has 7 heteroatoms. The number of hydrogen-bond acceptors (Lipinski definition) is 6. The summed E-state index contributed by atoms with van der Waals surface area (Å²) < 4.78 is 3.07. The number of thiazole rings is 1. The van der Waals surface area contributed by atoms with Gasteiger partial charge in [-0.1, -0.05) is 17.4 Å². The summed E-state index contributed by atoms with van der Waals surface area (Å²) in [6, 6.07) is 4.90. The van der Waals surface area contributed by atoms with Crippen LogP contribution in [0.15, 0.2) is 17.5 Å². The van der Waals surface area contributed by atoms with Gasteiger partial charge in [-0.2, -0.15) is 5.10 Å². The normalized spacial score (nSPS) is 17.1. The van der Waals surface area contributed by atoms with Gasteiger partial charge in [0.1, 0.15) is 0 Å². The third-order valence-corrected chi connectivity index (χ3v) is 6.36. The van der Waals surface area contributed by atoms with E-state index in [4.69, 9.17) is 4.98 Å². The zero-order valence-electron chi connectivity index (χ0n) is 13.5. The highest BCUT2D eigenvalue weighted by Gasteiger charge is 2.21. The summed E-state index contributed by atoms with van der Waals surface area (Å²) >= 11 is 3.58. The summed E-state index contributed by atoms with van der Waals surface area (Å²) in [5.74, 6) is 0. The third kappa shape index (κ3) is 3.13. The van der Waals surface area contributed by atoms with E-state index in [0.717, 1.165) is 36.1 Å². The van der Waals surface area contributed by atoms with Crippen molar-refractivity contribution in [1.82, 2.24) is 19.7 Å². The number of piperidine rings is 1. The highest BCUT2D eigenvalue weighted by molar-refractivity contribution is 7.22. The van der Waals surface area contributed by atoms with E-state index in [1.165, 1.54) is 22.4 Å². The maximum Gasteiger partial charge on any atom is 0.185 e. The Hall–Kier alpha value is -1.44. The van der Waals surface area contributed by atoms with Gasteiger partial charge in [0.2, 0.25) is 0 Å². The molecule has 0 spiro atoms. The maximum absolute atomic E-state index is 4.70. The van der Waals surface area contributed by atoms with Crippen LogP contribution in [0.5, 0.6) is 0 Å². The molecular weight excluding hydrogens is 326 g/mol. The first-order valence-electron chi connectivity index (χ1n) is 8.00. The van der Waals surface area contributed by atoms with Crippen molar-refractivity contribution in [3.8, 4) is 0 Å². The average molecular weight is 348 g/mol. The molecule has 0 bridgehead atoms. The predicted octanol–water partition coefficient (Wildman–Crippen LogP) is 3.48. The van der Waals surface area contributed by atoms with Gasteiger partial charge in [0.05, 0.1) is 10.4 Å². The van der Waals surface area contributed by atoms with E-state index >= 15 is 0 Å². The van der Waals surface area contributed by atoms with Gasteiger partial charge < -0.3 is 5.32 Å². The van der Waals surface area contributed by atoms with Crippen molar-refractivity contribution in [3.63, 3.8) is 0 Å². The second-order valence-electron chi connectivity index (χ2n) is 6.15. The Morgan fingerprint density at radius 1 is 1.35 bits per heavy atom. The number of nitrogens with zero attached hydrogens (tertiary/aromatic N) is 4. The van der Waals surface area contributed by atoms with Crippen molar-refractivity contribution in [2.75, 3.05) is 18.4 Å². The van der Waals surface area contributed by atoms with Crippen LogP contribution >= 0.6 is 22.7 Å². The lowest BCUT2D eigenvalue weighted by Crippen LogP contribution is -2.38. The van der Waals surface area contributed by atoms with Gasteiger partial charge in [-0.15, -0.1) is 11.3 Å². The highest BCUT2D eigenvalue weighted by atomic mass is 32.1. The zero-order chi connectivity index (χ0) is 15.8. The van der Waals surface area contributed by atoms with Crippen molar-refractivity contribution in [2.45, 2.75) is 32.4 Å². The van der Waals surface area contributed by atoms with E-state index in [2.05, 4.69) is 32.8 Å². The zero-order valence-corrected chi connectivity index (χ0v) is 15.1. The molecule has 4 heterocycles. The van der Waals surface area contributed by atoms with E-state index in [9.17, 15) is 0 Å². The first-order valence-corrected chi connectivity index (χ1v) is 9.70. The lowest BCUT2D eigenvalue weighted by molar-refractivity contribution is 0.213. The molecule has 0 amide bonds. The van der Waals surface area contributed by atoms with Gasteiger partial charge in [-0.05, 0) is 31.2 Å². The minimum absolute atomic E-state index is 0.531. The molecule has 1 aliphatic rings.